The molecule has 2 rings (SSSR count). The molecule has 2 aromatic rings. The van der Waals surface area contributed by atoms with Crippen molar-refractivity contribution >= 4 is 27.5 Å². The Hall–Kier alpha value is -1.69. The molecule has 1 amide bonds. The van der Waals surface area contributed by atoms with Crippen LogP contribution in [0.1, 0.15) is 12.2 Å². The molecule has 0 fully saturated rings. The Bertz CT molecular complexity index is 553. The van der Waals surface area contributed by atoms with E-state index >= 15 is 0 Å². The Morgan fingerprint density at radius 1 is 1.44 bits per heavy atom. The molecule has 0 saturated carbocycles. The molecule has 0 radical (unpaired) electrons. The molecule has 0 aliphatic carbocycles. The fourth-order valence-electron chi connectivity index (χ4n) is 1.59. The SMILES string of the molecule is Cc1nccn1-c1ncccc1NC(=O)CCBr. The van der Waals surface area contributed by atoms with Gasteiger partial charge in [-0.2, -0.15) is 0 Å². The van der Waals surface area contributed by atoms with Crippen LogP contribution in [-0.2, 0) is 4.79 Å². The zero-order valence-corrected chi connectivity index (χ0v) is 11.5. The number of anilines is 1. The first-order valence-corrected chi connectivity index (χ1v) is 6.65. The highest BCUT2D eigenvalue weighted by Crippen LogP contribution is 2.18. The quantitative estimate of drug-likeness (QED) is 0.882. The molecule has 0 atom stereocenters. The lowest BCUT2D eigenvalue weighted by Crippen LogP contribution is -2.14. The second kappa shape index (κ2) is 5.77. The average molecular weight is 309 g/mol. The van der Waals surface area contributed by atoms with Gasteiger partial charge in [0.2, 0.25) is 5.91 Å². The first kappa shape index (κ1) is 12.8. The topological polar surface area (TPSA) is 59.8 Å². The summed E-state index contributed by atoms with van der Waals surface area (Å²) in [4.78, 5) is 20.1. The van der Waals surface area contributed by atoms with Crippen LogP contribution in [0.4, 0.5) is 5.69 Å². The van der Waals surface area contributed by atoms with Crippen molar-refractivity contribution < 1.29 is 4.79 Å². The minimum absolute atomic E-state index is 0.0427. The van der Waals surface area contributed by atoms with Crippen LogP contribution < -0.4 is 5.32 Å². The van der Waals surface area contributed by atoms with Crippen LogP contribution in [0, 0.1) is 6.92 Å². The van der Waals surface area contributed by atoms with Crippen LogP contribution in [0.15, 0.2) is 30.7 Å². The molecule has 0 saturated heterocycles. The summed E-state index contributed by atoms with van der Waals surface area (Å²) >= 11 is 3.24. The minimum Gasteiger partial charge on any atom is -0.323 e. The Morgan fingerprint density at radius 2 is 2.28 bits per heavy atom. The van der Waals surface area contributed by atoms with E-state index in [9.17, 15) is 4.79 Å². The third-order valence-corrected chi connectivity index (χ3v) is 2.83. The maximum Gasteiger partial charge on any atom is 0.225 e. The molecule has 18 heavy (non-hydrogen) atoms. The first-order valence-electron chi connectivity index (χ1n) is 5.53. The zero-order valence-electron chi connectivity index (χ0n) is 9.93. The average Bonchev–Trinajstić information content (AvgIpc) is 2.76. The van der Waals surface area contributed by atoms with Gasteiger partial charge < -0.3 is 5.32 Å². The molecule has 0 spiro atoms. The van der Waals surface area contributed by atoms with Crippen LogP contribution >= 0.6 is 15.9 Å². The van der Waals surface area contributed by atoms with Gasteiger partial charge in [-0.05, 0) is 19.1 Å². The molecule has 6 heteroatoms. The largest absolute Gasteiger partial charge is 0.323 e. The molecule has 94 valence electrons. The number of hydrogen-bond acceptors (Lipinski definition) is 3. The molecule has 0 unspecified atom stereocenters. The number of pyridine rings is 1. The van der Waals surface area contributed by atoms with E-state index in [0.717, 1.165) is 5.82 Å². The van der Waals surface area contributed by atoms with E-state index in [0.29, 0.717) is 23.3 Å². The highest BCUT2D eigenvalue weighted by atomic mass is 79.9. The molecule has 0 aromatic carbocycles. The van der Waals surface area contributed by atoms with E-state index in [-0.39, 0.29) is 5.91 Å². The second-order valence-corrected chi connectivity index (χ2v) is 4.50. The molecular weight excluding hydrogens is 296 g/mol. The van der Waals surface area contributed by atoms with Gasteiger partial charge in [0, 0.05) is 30.3 Å². The lowest BCUT2D eigenvalue weighted by atomic mass is 10.3. The van der Waals surface area contributed by atoms with Crippen molar-refractivity contribution in [2.24, 2.45) is 0 Å². The number of amides is 1. The number of imidazole rings is 1. The van der Waals surface area contributed by atoms with E-state index < -0.39 is 0 Å². The number of aromatic nitrogens is 3. The lowest BCUT2D eigenvalue weighted by Gasteiger charge is -2.11. The number of nitrogens with zero attached hydrogens (tertiary/aromatic N) is 3. The molecule has 0 bridgehead atoms. The monoisotopic (exact) mass is 308 g/mol. The predicted octanol–water partition coefficient (Wildman–Crippen LogP) is 2.30. The Labute approximate surface area is 113 Å². The Morgan fingerprint density at radius 3 is 2.94 bits per heavy atom. The van der Waals surface area contributed by atoms with Crippen molar-refractivity contribution in [3.63, 3.8) is 0 Å². The summed E-state index contributed by atoms with van der Waals surface area (Å²) in [6.45, 7) is 1.89. The molecule has 5 nitrogen and oxygen atoms in total. The number of nitrogens with one attached hydrogen (secondary N) is 1. The summed E-state index contributed by atoms with van der Waals surface area (Å²) in [6, 6.07) is 3.62. The van der Waals surface area contributed by atoms with E-state index in [1.807, 2.05) is 23.8 Å². The van der Waals surface area contributed by atoms with Gasteiger partial charge in [0.15, 0.2) is 5.82 Å². The minimum atomic E-state index is -0.0427. The maximum absolute atomic E-state index is 11.6. The summed E-state index contributed by atoms with van der Waals surface area (Å²) in [5, 5.41) is 3.48. The van der Waals surface area contributed by atoms with Crippen molar-refractivity contribution in [2.75, 3.05) is 10.6 Å². The van der Waals surface area contributed by atoms with Crippen molar-refractivity contribution in [1.82, 2.24) is 14.5 Å². The van der Waals surface area contributed by atoms with E-state index in [4.69, 9.17) is 0 Å². The van der Waals surface area contributed by atoms with Crippen molar-refractivity contribution in [1.29, 1.82) is 0 Å². The summed E-state index contributed by atoms with van der Waals surface area (Å²) in [7, 11) is 0. The van der Waals surface area contributed by atoms with Crippen LogP contribution in [0.5, 0.6) is 0 Å². The standard InChI is InChI=1S/C12H13BrN4O/c1-9-14-7-8-17(9)12-10(3-2-6-15-12)16-11(18)4-5-13/h2-3,6-8H,4-5H2,1H3,(H,16,18). The van der Waals surface area contributed by atoms with Crippen LogP contribution in [-0.4, -0.2) is 25.8 Å². The van der Waals surface area contributed by atoms with Crippen LogP contribution in [0.2, 0.25) is 0 Å². The summed E-state index contributed by atoms with van der Waals surface area (Å²) < 4.78 is 1.84. The van der Waals surface area contributed by atoms with Gasteiger partial charge in [-0.25, -0.2) is 9.97 Å². The fraction of sp³-hybridized carbons (Fsp3) is 0.250. The number of alkyl halides is 1. The molecule has 2 aromatic heterocycles. The van der Waals surface area contributed by atoms with Gasteiger partial charge >= 0.3 is 0 Å². The van der Waals surface area contributed by atoms with Gasteiger partial charge in [-0.1, -0.05) is 15.9 Å². The third kappa shape index (κ3) is 2.76. The number of halogens is 1. The zero-order chi connectivity index (χ0) is 13.0. The number of rotatable bonds is 4. The summed E-state index contributed by atoms with van der Waals surface area (Å²) in [5.41, 5.74) is 0.685. The normalized spacial score (nSPS) is 10.3. The van der Waals surface area contributed by atoms with Gasteiger partial charge in [0.05, 0.1) is 5.69 Å². The molecule has 0 aliphatic rings. The smallest absolute Gasteiger partial charge is 0.225 e. The van der Waals surface area contributed by atoms with Gasteiger partial charge in [-0.3, -0.25) is 9.36 Å². The number of hydrogen-bond donors (Lipinski definition) is 1. The van der Waals surface area contributed by atoms with Crippen molar-refractivity contribution in [3.8, 4) is 5.82 Å². The van der Waals surface area contributed by atoms with E-state index in [2.05, 4.69) is 31.2 Å². The highest BCUT2D eigenvalue weighted by molar-refractivity contribution is 9.09. The van der Waals surface area contributed by atoms with Crippen LogP contribution in [0.25, 0.3) is 5.82 Å². The van der Waals surface area contributed by atoms with Crippen molar-refractivity contribution in [3.05, 3.63) is 36.5 Å². The van der Waals surface area contributed by atoms with Gasteiger partial charge in [-0.15, -0.1) is 0 Å². The third-order valence-electron chi connectivity index (χ3n) is 2.44. The molecular formula is C12H13BrN4O. The fourth-order valence-corrected chi connectivity index (χ4v) is 1.95. The molecule has 1 N–H and O–H groups in total. The summed E-state index contributed by atoms with van der Waals surface area (Å²) in [5.74, 6) is 1.46. The second-order valence-electron chi connectivity index (χ2n) is 3.71. The Kier molecular flexibility index (Phi) is 4.09. The predicted molar refractivity (Wildman–Crippen MR) is 73.1 cm³/mol. The van der Waals surface area contributed by atoms with Crippen molar-refractivity contribution in [2.45, 2.75) is 13.3 Å². The van der Waals surface area contributed by atoms with E-state index in [1.165, 1.54) is 0 Å². The molecule has 2 heterocycles. The lowest BCUT2D eigenvalue weighted by molar-refractivity contribution is -0.115. The number of carbonyl (C=O) groups is 1. The highest BCUT2D eigenvalue weighted by Gasteiger charge is 2.10. The van der Waals surface area contributed by atoms with E-state index in [1.54, 1.807) is 18.5 Å². The summed E-state index contributed by atoms with van der Waals surface area (Å²) in [6.07, 6.45) is 5.64. The van der Waals surface area contributed by atoms with Gasteiger partial charge in [0.25, 0.3) is 0 Å². The number of aryl methyl sites for hydroxylation is 1. The number of carbonyl (C=O) groups excluding carboxylic acids is 1. The van der Waals surface area contributed by atoms with Crippen LogP contribution in [0.3, 0.4) is 0 Å². The first-order chi connectivity index (χ1) is 8.72. The van der Waals surface area contributed by atoms with Gasteiger partial charge in [0.1, 0.15) is 5.82 Å². The Balaban J connectivity index is 2.32. The maximum atomic E-state index is 11.6. The molecule has 0 aliphatic heterocycles.